The van der Waals surface area contributed by atoms with Gasteiger partial charge < -0.3 is 5.32 Å². The predicted molar refractivity (Wildman–Crippen MR) is 84.0 cm³/mol. The molecule has 1 aliphatic rings. The summed E-state index contributed by atoms with van der Waals surface area (Å²) in [6.45, 7) is 3.77. The summed E-state index contributed by atoms with van der Waals surface area (Å²) in [4.78, 5) is 14.4. The summed E-state index contributed by atoms with van der Waals surface area (Å²) in [6, 6.07) is 1.77. The molecular formula is C14H21N3O3S. The van der Waals surface area contributed by atoms with E-state index < -0.39 is 15.7 Å². The average molecular weight is 311 g/mol. The van der Waals surface area contributed by atoms with Crippen LogP contribution in [-0.2, 0) is 10.8 Å². The highest BCUT2D eigenvalue weighted by atomic mass is 32.2. The van der Waals surface area contributed by atoms with Crippen molar-refractivity contribution < 1.29 is 9.13 Å². The van der Waals surface area contributed by atoms with Crippen molar-refractivity contribution in [3.8, 4) is 0 Å². The van der Waals surface area contributed by atoms with Gasteiger partial charge in [-0.2, -0.15) is 0 Å². The van der Waals surface area contributed by atoms with E-state index in [2.05, 4.69) is 10.3 Å². The smallest absolute Gasteiger partial charge is 0.287 e. The number of nitro groups is 1. The fourth-order valence-electron chi connectivity index (χ4n) is 2.75. The third kappa shape index (κ3) is 4.00. The highest BCUT2D eigenvalue weighted by Gasteiger charge is 2.26. The van der Waals surface area contributed by atoms with E-state index in [-0.39, 0.29) is 17.0 Å². The van der Waals surface area contributed by atoms with Crippen LogP contribution in [0, 0.1) is 17.0 Å². The second-order valence-electron chi connectivity index (χ2n) is 5.42. The summed E-state index contributed by atoms with van der Waals surface area (Å²) in [5, 5.41) is 14.3. The van der Waals surface area contributed by atoms with Crippen LogP contribution in [0.1, 0.15) is 38.2 Å². The van der Waals surface area contributed by atoms with E-state index in [4.69, 9.17) is 0 Å². The van der Waals surface area contributed by atoms with Gasteiger partial charge in [0.05, 0.1) is 4.92 Å². The van der Waals surface area contributed by atoms with Crippen LogP contribution in [0.5, 0.6) is 0 Å². The lowest BCUT2D eigenvalue weighted by Gasteiger charge is -2.29. The third-order valence-electron chi connectivity index (χ3n) is 3.90. The summed E-state index contributed by atoms with van der Waals surface area (Å²) in [7, 11) is -0.757. The van der Waals surface area contributed by atoms with Crippen molar-refractivity contribution in [2.45, 2.75) is 50.8 Å². The summed E-state index contributed by atoms with van der Waals surface area (Å²) < 4.78 is 11.9. The molecule has 1 fully saturated rings. The van der Waals surface area contributed by atoms with Crippen molar-refractivity contribution >= 4 is 22.3 Å². The Hall–Kier alpha value is -1.50. The minimum atomic E-state index is -0.757. The lowest BCUT2D eigenvalue weighted by atomic mass is 9.95. The number of anilines is 1. The van der Waals surface area contributed by atoms with Gasteiger partial charge in [0.1, 0.15) is 12.0 Å². The fraction of sp³-hybridized carbons (Fsp3) is 0.643. The van der Waals surface area contributed by atoms with E-state index >= 15 is 0 Å². The molecule has 1 N–H and O–H groups in total. The first-order valence-electron chi connectivity index (χ1n) is 7.26. The molecule has 21 heavy (non-hydrogen) atoms. The maximum Gasteiger partial charge on any atom is 0.287 e. The van der Waals surface area contributed by atoms with Crippen molar-refractivity contribution in [1.29, 1.82) is 0 Å². The van der Waals surface area contributed by atoms with Crippen LogP contribution in [0.15, 0.2) is 12.3 Å². The lowest BCUT2D eigenvalue weighted by Crippen LogP contribution is -2.33. The minimum Gasteiger partial charge on any atom is -0.367 e. The number of nitrogens with one attached hydrogen (secondary N) is 1. The molecule has 0 radical (unpaired) electrons. The maximum atomic E-state index is 11.9. The molecule has 1 heterocycles. The monoisotopic (exact) mass is 311 g/mol. The molecule has 0 aromatic carbocycles. The second-order valence-corrected chi connectivity index (χ2v) is 7.42. The Morgan fingerprint density at radius 3 is 2.90 bits per heavy atom. The van der Waals surface area contributed by atoms with Gasteiger partial charge in [-0.05, 0) is 31.7 Å². The molecule has 0 saturated heterocycles. The molecule has 0 aliphatic heterocycles. The maximum absolute atomic E-state index is 11.9. The molecule has 0 unspecified atom stereocenters. The van der Waals surface area contributed by atoms with Gasteiger partial charge in [-0.25, -0.2) is 4.98 Å². The quantitative estimate of drug-likeness (QED) is 0.667. The number of aryl methyl sites for hydroxylation is 1. The molecule has 2 rings (SSSR count). The highest BCUT2D eigenvalue weighted by Crippen LogP contribution is 2.27. The van der Waals surface area contributed by atoms with E-state index in [1.54, 1.807) is 0 Å². The van der Waals surface area contributed by atoms with Gasteiger partial charge in [-0.15, -0.1) is 0 Å². The number of hydrogen-bond acceptors (Lipinski definition) is 5. The molecule has 0 amide bonds. The van der Waals surface area contributed by atoms with Gasteiger partial charge in [0.2, 0.25) is 0 Å². The summed E-state index contributed by atoms with van der Waals surface area (Å²) in [6.07, 6.45) is 5.25. The van der Waals surface area contributed by atoms with Crippen LogP contribution in [0.2, 0.25) is 0 Å². The molecule has 1 aromatic rings. The number of hydrogen-bond donors (Lipinski definition) is 1. The van der Waals surface area contributed by atoms with Crippen LogP contribution in [-0.4, -0.2) is 31.2 Å². The van der Waals surface area contributed by atoms with Crippen LogP contribution in [0.25, 0.3) is 0 Å². The number of rotatable bonds is 5. The van der Waals surface area contributed by atoms with Crippen molar-refractivity contribution in [2.24, 2.45) is 0 Å². The van der Waals surface area contributed by atoms with E-state index in [9.17, 15) is 14.3 Å². The number of nitrogens with zero attached hydrogens (tertiary/aromatic N) is 2. The Morgan fingerprint density at radius 1 is 1.52 bits per heavy atom. The van der Waals surface area contributed by atoms with Gasteiger partial charge in [-0.1, -0.05) is 13.3 Å². The first kappa shape index (κ1) is 15.9. The van der Waals surface area contributed by atoms with Crippen LogP contribution < -0.4 is 5.32 Å². The Bertz CT molecular complexity index is 550. The summed E-state index contributed by atoms with van der Waals surface area (Å²) in [5.74, 6) is 1.39. The minimum absolute atomic E-state index is 0.00616. The molecule has 1 aliphatic carbocycles. The van der Waals surface area contributed by atoms with Crippen LogP contribution in [0.3, 0.4) is 0 Å². The molecule has 6 nitrogen and oxygen atoms in total. The Balaban J connectivity index is 2.04. The number of pyridine rings is 1. The zero-order valence-electron chi connectivity index (χ0n) is 12.4. The van der Waals surface area contributed by atoms with E-state index in [0.29, 0.717) is 11.6 Å². The van der Waals surface area contributed by atoms with Crippen molar-refractivity contribution in [3.63, 3.8) is 0 Å². The SMILES string of the molecule is CC[S@](=O)[C@H]1CCC[C@H](Nc2ncc([N+](=O)[O-])cc2C)C1. The van der Waals surface area contributed by atoms with Crippen molar-refractivity contribution in [2.75, 3.05) is 11.1 Å². The normalized spacial score (nSPS) is 23.5. The van der Waals surface area contributed by atoms with Crippen LogP contribution >= 0.6 is 0 Å². The lowest BCUT2D eigenvalue weighted by molar-refractivity contribution is -0.385. The molecule has 3 atom stereocenters. The molecule has 0 bridgehead atoms. The molecule has 7 heteroatoms. The zero-order valence-corrected chi connectivity index (χ0v) is 13.2. The van der Waals surface area contributed by atoms with Gasteiger partial charge >= 0.3 is 0 Å². The molecular weight excluding hydrogens is 290 g/mol. The Labute approximate surface area is 127 Å². The molecule has 1 aromatic heterocycles. The zero-order chi connectivity index (χ0) is 15.4. The standard InChI is InChI=1S/C14H21N3O3S/c1-3-21(20)13-6-4-5-11(8-13)16-14-10(2)7-12(9-15-14)17(18)19/h7,9,11,13H,3-6,8H2,1-2H3,(H,15,16)/t11-,13-,21-/m0/s1. The largest absolute Gasteiger partial charge is 0.367 e. The third-order valence-corrected chi connectivity index (χ3v) is 5.64. The van der Waals surface area contributed by atoms with E-state index in [0.717, 1.165) is 31.2 Å². The topological polar surface area (TPSA) is 85.1 Å². The molecule has 116 valence electrons. The Morgan fingerprint density at radius 2 is 2.29 bits per heavy atom. The predicted octanol–water partition coefficient (Wildman–Crippen LogP) is 2.79. The van der Waals surface area contributed by atoms with Gasteiger partial charge in [0.25, 0.3) is 5.69 Å². The molecule has 1 saturated carbocycles. The van der Waals surface area contributed by atoms with Gasteiger partial charge in [0.15, 0.2) is 0 Å². The van der Waals surface area contributed by atoms with E-state index in [1.807, 2.05) is 13.8 Å². The Kier molecular flexibility index (Phi) is 5.27. The molecule has 0 spiro atoms. The van der Waals surface area contributed by atoms with Gasteiger partial charge in [0, 0.05) is 33.9 Å². The fourth-order valence-corrected chi connectivity index (χ4v) is 4.10. The summed E-state index contributed by atoms with van der Waals surface area (Å²) >= 11 is 0. The first-order chi connectivity index (χ1) is 10.0. The van der Waals surface area contributed by atoms with Crippen molar-refractivity contribution in [3.05, 3.63) is 27.9 Å². The first-order valence-corrected chi connectivity index (χ1v) is 8.64. The highest BCUT2D eigenvalue weighted by molar-refractivity contribution is 7.85. The van der Waals surface area contributed by atoms with Crippen molar-refractivity contribution in [1.82, 2.24) is 4.98 Å². The average Bonchev–Trinajstić information content (AvgIpc) is 2.48. The number of aromatic nitrogens is 1. The van der Waals surface area contributed by atoms with Gasteiger partial charge in [-0.3, -0.25) is 14.3 Å². The summed E-state index contributed by atoms with van der Waals surface area (Å²) in [5.41, 5.74) is 0.773. The van der Waals surface area contributed by atoms with E-state index in [1.165, 1.54) is 12.3 Å². The van der Waals surface area contributed by atoms with Crippen LogP contribution in [0.4, 0.5) is 11.5 Å². The second kappa shape index (κ2) is 6.98.